The molecule has 6 heteroatoms. The van der Waals surface area contributed by atoms with E-state index in [1.807, 2.05) is 13.8 Å². The minimum atomic E-state index is -1.05. The minimum Gasteiger partial charge on any atom is -0.480 e. The van der Waals surface area contributed by atoms with Crippen molar-refractivity contribution < 1.29 is 14.7 Å². The van der Waals surface area contributed by atoms with Gasteiger partial charge in [-0.2, -0.15) is 0 Å². The van der Waals surface area contributed by atoms with Gasteiger partial charge in [-0.25, -0.2) is 0 Å². The molecule has 0 bridgehead atoms. The van der Waals surface area contributed by atoms with Crippen LogP contribution in [0.5, 0.6) is 0 Å². The standard InChI is InChI=1S/C12H24N2O3S/c1-6-7(2)14-10(15)8(3)18-12(4,5)9(13)11(16)17/h7-9H,6,13H2,1-5H3,(H,14,15)(H,16,17)/t7?,8?,9-/m1/s1. The summed E-state index contributed by atoms with van der Waals surface area (Å²) in [7, 11) is 0. The summed E-state index contributed by atoms with van der Waals surface area (Å²) >= 11 is 1.28. The van der Waals surface area contributed by atoms with Gasteiger partial charge in [0.25, 0.3) is 0 Å². The number of nitrogens with one attached hydrogen (secondary N) is 1. The Balaban J connectivity index is 4.50. The first-order valence-corrected chi connectivity index (χ1v) is 6.96. The SMILES string of the molecule is CCC(C)NC(=O)C(C)SC(C)(C)[C@H](N)C(=O)O. The molecule has 4 N–H and O–H groups in total. The molecule has 5 nitrogen and oxygen atoms in total. The Bertz CT molecular complexity index is 308. The highest BCUT2D eigenvalue weighted by Crippen LogP contribution is 2.31. The molecule has 18 heavy (non-hydrogen) atoms. The Kier molecular flexibility index (Phi) is 6.70. The van der Waals surface area contributed by atoms with Crippen molar-refractivity contribution in [3.8, 4) is 0 Å². The molecule has 0 aliphatic heterocycles. The van der Waals surface area contributed by atoms with E-state index < -0.39 is 16.8 Å². The predicted octanol–water partition coefficient (Wildman–Crippen LogP) is 1.21. The molecule has 0 spiro atoms. The fraction of sp³-hybridized carbons (Fsp3) is 0.833. The van der Waals surface area contributed by atoms with E-state index in [-0.39, 0.29) is 17.2 Å². The lowest BCUT2D eigenvalue weighted by Crippen LogP contribution is -2.49. The van der Waals surface area contributed by atoms with Gasteiger partial charge in [-0.1, -0.05) is 6.92 Å². The maximum absolute atomic E-state index is 11.9. The Morgan fingerprint density at radius 3 is 2.28 bits per heavy atom. The van der Waals surface area contributed by atoms with Gasteiger partial charge in [-0.3, -0.25) is 9.59 Å². The van der Waals surface area contributed by atoms with Crippen molar-refractivity contribution in [2.45, 2.75) is 63.1 Å². The van der Waals surface area contributed by atoms with Crippen LogP contribution < -0.4 is 11.1 Å². The number of aliphatic carboxylic acids is 1. The molecule has 0 fully saturated rings. The fourth-order valence-corrected chi connectivity index (χ4v) is 2.68. The number of carboxylic acids is 1. The van der Waals surface area contributed by atoms with Crippen molar-refractivity contribution in [3.05, 3.63) is 0 Å². The number of amides is 1. The van der Waals surface area contributed by atoms with Gasteiger partial charge in [0.15, 0.2) is 0 Å². The molecule has 0 saturated carbocycles. The monoisotopic (exact) mass is 276 g/mol. The molecular weight excluding hydrogens is 252 g/mol. The van der Waals surface area contributed by atoms with Gasteiger partial charge in [0.2, 0.25) is 5.91 Å². The Morgan fingerprint density at radius 2 is 1.89 bits per heavy atom. The number of carbonyl (C=O) groups excluding carboxylic acids is 1. The van der Waals surface area contributed by atoms with Gasteiger partial charge in [0.1, 0.15) is 6.04 Å². The smallest absolute Gasteiger partial charge is 0.321 e. The summed E-state index contributed by atoms with van der Waals surface area (Å²) in [6.45, 7) is 9.17. The van der Waals surface area contributed by atoms with Crippen LogP contribution in [-0.4, -0.2) is 39.1 Å². The third-order valence-electron chi connectivity index (χ3n) is 2.87. The second-order valence-corrected chi connectivity index (χ2v) is 6.99. The van der Waals surface area contributed by atoms with E-state index in [0.717, 1.165) is 6.42 Å². The van der Waals surface area contributed by atoms with Crippen LogP contribution in [0.1, 0.15) is 41.0 Å². The first kappa shape index (κ1) is 17.2. The first-order chi connectivity index (χ1) is 8.11. The lowest BCUT2D eigenvalue weighted by atomic mass is 10.1. The molecule has 0 aliphatic rings. The summed E-state index contributed by atoms with van der Waals surface area (Å²) in [5.74, 6) is -1.14. The number of hydrogen-bond acceptors (Lipinski definition) is 4. The van der Waals surface area contributed by atoms with Crippen LogP contribution in [0.15, 0.2) is 0 Å². The maximum Gasteiger partial charge on any atom is 0.321 e. The lowest BCUT2D eigenvalue weighted by Gasteiger charge is -2.30. The van der Waals surface area contributed by atoms with Crippen LogP contribution in [0.2, 0.25) is 0 Å². The molecule has 2 unspecified atom stereocenters. The van der Waals surface area contributed by atoms with Crippen molar-refractivity contribution in [1.29, 1.82) is 0 Å². The number of thioether (sulfide) groups is 1. The van der Waals surface area contributed by atoms with Crippen molar-refractivity contribution >= 4 is 23.6 Å². The molecule has 0 rings (SSSR count). The molecular formula is C12H24N2O3S. The molecule has 3 atom stereocenters. The molecule has 106 valence electrons. The molecule has 0 radical (unpaired) electrons. The molecule has 0 aromatic carbocycles. The highest BCUT2D eigenvalue weighted by molar-refractivity contribution is 8.02. The van der Waals surface area contributed by atoms with Crippen LogP contribution in [0.25, 0.3) is 0 Å². The van der Waals surface area contributed by atoms with E-state index in [2.05, 4.69) is 5.32 Å². The van der Waals surface area contributed by atoms with Gasteiger partial charge >= 0.3 is 5.97 Å². The Labute approximate surface area is 113 Å². The van der Waals surface area contributed by atoms with E-state index in [4.69, 9.17) is 10.8 Å². The normalized spacial score (nSPS) is 16.8. The summed E-state index contributed by atoms with van der Waals surface area (Å²) in [5, 5.41) is 11.5. The number of carboxylic acid groups (broad SMARTS) is 1. The molecule has 0 aromatic heterocycles. The zero-order valence-corrected chi connectivity index (χ0v) is 12.5. The topological polar surface area (TPSA) is 92.4 Å². The zero-order valence-electron chi connectivity index (χ0n) is 11.7. The van der Waals surface area contributed by atoms with Crippen LogP contribution in [0.3, 0.4) is 0 Å². The fourth-order valence-electron chi connectivity index (χ4n) is 1.34. The van der Waals surface area contributed by atoms with E-state index in [9.17, 15) is 9.59 Å². The molecule has 0 aromatic rings. The van der Waals surface area contributed by atoms with E-state index >= 15 is 0 Å². The third-order valence-corrected chi connectivity index (χ3v) is 4.29. The predicted molar refractivity (Wildman–Crippen MR) is 74.6 cm³/mol. The van der Waals surface area contributed by atoms with Crippen LogP contribution in [0, 0.1) is 0 Å². The van der Waals surface area contributed by atoms with Crippen molar-refractivity contribution in [2.24, 2.45) is 5.73 Å². The highest BCUT2D eigenvalue weighted by atomic mass is 32.2. The van der Waals surface area contributed by atoms with Crippen molar-refractivity contribution in [3.63, 3.8) is 0 Å². The van der Waals surface area contributed by atoms with Gasteiger partial charge in [-0.05, 0) is 34.1 Å². The summed E-state index contributed by atoms with van der Waals surface area (Å²) in [5.41, 5.74) is 5.62. The summed E-state index contributed by atoms with van der Waals surface area (Å²) in [6, 6.07) is -0.877. The van der Waals surface area contributed by atoms with E-state index in [0.29, 0.717) is 0 Å². The van der Waals surface area contributed by atoms with Crippen LogP contribution in [0.4, 0.5) is 0 Å². The Morgan fingerprint density at radius 1 is 1.39 bits per heavy atom. The molecule has 0 aliphatic carbocycles. The molecule has 1 amide bonds. The Hall–Kier alpha value is -0.750. The zero-order chi connectivity index (χ0) is 14.5. The van der Waals surface area contributed by atoms with E-state index in [1.54, 1.807) is 20.8 Å². The number of hydrogen-bond donors (Lipinski definition) is 3. The number of nitrogens with two attached hydrogens (primary N) is 1. The second-order valence-electron chi connectivity index (χ2n) is 5.00. The third kappa shape index (κ3) is 5.27. The van der Waals surface area contributed by atoms with Gasteiger partial charge in [0.05, 0.1) is 5.25 Å². The van der Waals surface area contributed by atoms with Crippen LogP contribution >= 0.6 is 11.8 Å². The number of rotatable bonds is 7. The average molecular weight is 276 g/mol. The summed E-state index contributed by atoms with van der Waals surface area (Å²) < 4.78 is -0.696. The van der Waals surface area contributed by atoms with Gasteiger partial charge < -0.3 is 16.2 Å². The van der Waals surface area contributed by atoms with Crippen LogP contribution in [-0.2, 0) is 9.59 Å². The first-order valence-electron chi connectivity index (χ1n) is 6.08. The second kappa shape index (κ2) is 6.99. The van der Waals surface area contributed by atoms with Crippen molar-refractivity contribution in [1.82, 2.24) is 5.32 Å². The number of carbonyl (C=O) groups is 2. The lowest BCUT2D eigenvalue weighted by molar-refractivity contribution is -0.139. The summed E-state index contributed by atoms with van der Waals surface area (Å²) in [6.07, 6.45) is 0.862. The highest BCUT2D eigenvalue weighted by Gasteiger charge is 2.35. The van der Waals surface area contributed by atoms with E-state index in [1.165, 1.54) is 11.8 Å². The average Bonchev–Trinajstić information content (AvgIpc) is 2.26. The van der Waals surface area contributed by atoms with Gasteiger partial charge in [-0.15, -0.1) is 11.8 Å². The minimum absolute atomic E-state index is 0.0833. The largest absolute Gasteiger partial charge is 0.480 e. The summed E-state index contributed by atoms with van der Waals surface area (Å²) in [4.78, 5) is 22.7. The van der Waals surface area contributed by atoms with Crippen molar-refractivity contribution in [2.75, 3.05) is 0 Å². The quantitative estimate of drug-likeness (QED) is 0.650. The molecule has 0 saturated heterocycles. The van der Waals surface area contributed by atoms with Gasteiger partial charge in [0, 0.05) is 10.8 Å². The molecule has 0 heterocycles. The maximum atomic E-state index is 11.9.